The molecule has 0 heterocycles. The fourth-order valence-electron chi connectivity index (χ4n) is 3.64. The van der Waals surface area contributed by atoms with E-state index in [0.717, 1.165) is 13.0 Å². The lowest BCUT2D eigenvalue weighted by molar-refractivity contribution is -0.0498. The highest BCUT2D eigenvalue weighted by Gasteiger charge is 2.24. The molecular formula is C18H33NO2. The lowest BCUT2D eigenvalue weighted by Crippen LogP contribution is -2.35. The predicted molar refractivity (Wildman–Crippen MR) is 87.4 cm³/mol. The summed E-state index contributed by atoms with van der Waals surface area (Å²) in [5.74, 6) is 0.702. The molecule has 1 saturated carbocycles. The van der Waals surface area contributed by atoms with Crippen LogP contribution < -0.4 is 5.32 Å². The molecule has 3 nitrogen and oxygen atoms in total. The third kappa shape index (κ3) is 6.09. The van der Waals surface area contributed by atoms with Gasteiger partial charge in [-0.25, -0.2) is 0 Å². The van der Waals surface area contributed by atoms with Gasteiger partial charge in [-0.1, -0.05) is 37.8 Å². The van der Waals surface area contributed by atoms with Crippen molar-refractivity contribution >= 4 is 0 Å². The maximum absolute atomic E-state index is 10.0. The smallest absolute Gasteiger partial charge is 0.0897 e. The molecule has 2 aliphatic carbocycles. The van der Waals surface area contributed by atoms with Crippen LogP contribution in [0, 0.1) is 5.92 Å². The fraction of sp³-hybridized carbons (Fsp3) is 0.889. The first kappa shape index (κ1) is 17.0. The zero-order valence-corrected chi connectivity index (χ0v) is 13.7. The van der Waals surface area contributed by atoms with Crippen molar-refractivity contribution in [1.82, 2.24) is 5.32 Å². The van der Waals surface area contributed by atoms with E-state index in [1.54, 1.807) is 5.57 Å². The van der Waals surface area contributed by atoms with E-state index in [2.05, 4.69) is 18.3 Å². The van der Waals surface area contributed by atoms with Gasteiger partial charge in [0.05, 0.1) is 18.8 Å². The molecule has 0 aromatic heterocycles. The van der Waals surface area contributed by atoms with Gasteiger partial charge in [-0.05, 0) is 51.0 Å². The van der Waals surface area contributed by atoms with Crippen molar-refractivity contribution in [2.75, 3.05) is 19.7 Å². The molecule has 2 aliphatic rings. The highest BCUT2D eigenvalue weighted by molar-refractivity contribution is 5.07. The monoisotopic (exact) mass is 295 g/mol. The van der Waals surface area contributed by atoms with Gasteiger partial charge in [0.2, 0.25) is 0 Å². The van der Waals surface area contributed by atoms with E-state index in [1.807, 2.05) is 0 Å². The van der Waals surface area contributed by atoms with Gasteiger partial charge in [-0.2, -0.15) is 0 Å². The Balaban J connectivity index is 1.53. The van der Waals surface area contributed by atoms with E-state index in [9.17, 15) is 5.11 Å². The molecule has 2 N–H and O–H groups in total. The van der Waals surface area contributed by atoms with E-state index in [1.165, 1.54) is 51.4 Å². The molecule has 1 fully saturated rings. The Morgan fingerprint density at radius 1 is 1.33 bits per heavy atom. The molecule has 21 heavy (non-hydrogen) atoms. The number of aliphatic hydroxyl groups is 1. The van der Waals surface area contributed by atoms with Crippen molar-refractivity contribution in [3.05, 3.63) is 11.6 Å². The van der Waals surface area contributed by atoms with E-state index in [4.69, 9.17) is 4.74 Å². The average Bonchev–Trinajstić information content (AvgIpc) is 3.03. The maximum Gasteiger partial charge on any atom is 0.0897 e. The van der Waals surface area contributed by atoms with Crippen LogP contribution in [0.25, 0.3) is 0 Å². The van der Waals surface area contributed by atoms with Crippen LogP contribution in [0.1, 0.15) is 64.7 Å². The molecule has 0 saturated heterocycles. The lowest BCUT2D eigenvalue weighted by Gasteiger charge is -2.31. The normalized spacial score (nSPS) is 27.6. The molecule has 3 unspecified atom stereocenters. The highest BCUT2D eigenvalue weighted by atomic mass is 16.5. The van der Waals surface area contributed by atoms with Gasteiger partial charge in [0.25, 0.3) is 0 Å². The van der Waals surface area contributed by atoms with Crippen LogP contribution >= 0.6 is 0 Å². The maximum atomic E-state index is 10.0. The summed E-state index contributed by atoms with van der Waals surface area (Å²) in [5, 5.41) is 13.4. The number of allylic oxidation sites excluding steroid dienone is 1. The lowest BCUT2D eigenvalue weighted by atomic mass is 9.85. The Morgan fingerprint density at radius 3 is 2.95 bits per heavy atom. The minimum Gasteiger partial charge on any atom is -0.389 e. The van der Waals surface area contributed by atoms with Gasteiger partial charge >= 0.3 is 0 Å². The van der Waals surface area contributed by atoms with Crippen LogP contribution in [-0.2, 0) is 4.74 Å². The summed E-state index contributed by atoms with van der Waals surface area (Å²) in [5.41, 5.74) is 1.58. The first-order valence-electron chi connectivity index (χ1n) is 8.98. The van der Waals surface area contributed by atoms with Crippen LogP contribution in [0.4, 0.5) is 0 Å². The first-order valence-corrected chi connectivity index (χ1v) is 8.98. The molecule has 2 rings (SSSR count). The zero-order chi connectivity index (χ0) is 14.9. The summed E-state index contributed by atoms with van der Waals surface area (Å²) in [7, 11) is 0. The van der Waals surface area contributed by atoms with E-state index >= 15 is 0 Å². The summed E-state index contributed by atoms with van der Waals surface area (Å²) >= 11 is 0. The molecule has 122 valence electrons. The molecule has 3 heteroatoms. The van der Waals surface area contributed by atoms with Gasteiger partial charge < -0.3 is 15.2 Å². The van der Waals surface area contributed by atoms with E-state index in [-0.39, 0.29) is 6.10 Å². The second-order valence-electron chi connectivity index (χ2n) is 6.69. The number of hydrogen-bond acceptors (Lipinski definition) is 3. The number of hydrogen-bond donors (Lipinski definition) is 2. The van der Waals surface area contributed by atoms with Gasteiger partial charge in [0.15, 0.2) is 0 Å². The Kier molecular flexibility index (Phi) is 7.76. The second kappa shape index (κ2) is 9.60. The van der Waals surface area contributed by atoms with Crippen molar-refractivity contribution in [1.29, 1.82) is 0 Å². The van der Waals surface area contributed by atoms with Crippen molar-refractivity contribution in [2.45, 2.75) is 76.9 Å². The van der Waals surface area contributed by atoms with Crippen LogP contribution in [0.3, 0.4) is 0 Å². The van der Waals surface area contributed by atoms with Crippen molar-refractivity contribution in [2.24, 2.45) is 5.92 Å². The Bertz CT molecular complexity index is 316. The molecule has 0 aliphatic heterocycles. The molecule has 0 bridgehead atoms. The minimum atomic E-state index is -0.373. The number of rotatable bonds is 9. The summed E-state index contributed by atoms with van der Waals surface area (Å²) in [6, 6.07) is 0. The largest absolute Gasteiger partial charge is 0.389 e. The Hall–Kier alpha value is -0.380. The third-order valence-electron chi connectivity index (χ3n) is 5.00. The quantitative estimate of drug-likeness (QED) is 0.506. The molecule has 0 radical (unpaired) electrons. The van der Waals surface area contributed by atoms with Crippen molar-refractivity contribution in [3.63, 3.8) is 0 Å². The van der Waals surface area contributed by atoms with Gasteiger partial charge in [-0.3, -0.25) is 0 Å². The van der Waals surface area contributed by atoms with Crippen LogP contribution in [0.15, 0.2) is 11.6 Å². The first-order chi connectivity index (χ1) is 10.3. The summed E-state index contributed by atoms with van der Waals surface area (Å²) < 4.78 is 5.98. The Labute approximate surface area is 130 Å². The zero-order valence-electron chi connectivity index (χ0n) is 13.7. The number of nitrogens with one attached hydrogen (secondary N) is 1. The van der Waals surface area contributed by atoms with Crippen molar-refractivity contribution < 1.29 is 9.84 Å². The molecule has 0 aromatic carbocycles. The highest BCUT2D eigenvalue weighted by Crippen LogP contribution is 2.29. The van der Waals surface area contributed by atoms with Crippen LogP contribution in [-0.4, -0.2) is 37.0 Å². The Morgan fingerprint density at radius 2 is 2.19 bits per heavy atom. The van der Waals surface area contributed by atoms with Gasteiger partial charge in [0.1, 0.15) is 0 Å². The molecule has 0 spiro atoms. The minimum absolute atomic E-state index is 0.373. The van der Waals surface area contributed by atoms with Gasteiger partial charge in [-0.15, -0.1) is 0 Å². The predicted octanol–water partition coefficient (Wildman–Crippen LogP) is 3.42. The van der Waals surface area contributed by atoms with E-state index in [0.29, 0.717) is 25.2 Å². The standard InChI is InChI=1S/C18H33NO2/c1-2-16-9-5-6-10-18(16)21-14-17(20)13-19-12-11-15-7-3-4-8-15/h7,16-20H,2-6,8-14H2,1H3. The summed E-state index contributed by atoms with van der Waals surface area (Å²) in [4.78, 5) is 0. The van der Waals surface area contributed by atoms with Crippen LogP contribution in [0.5, 0.6) is 0 Å². The second-order valence-corrected chi connectivity index (χ2v) is 6.69. The average molecular weight is 295 g/mol. The van der Waals surface area contributed by atoms with Crippen LogP contribution in [0.2, 0.25) is 0 Å². The van der Waals surface area contributed by atoms with Crippen molar-refractivity contribution in [3.8, 4) is 0 Å². The van der Waals surface area contributed by atoms with Gasteiger partial charge in [0, 0.05) is 6.54 Å². The molecule has 0 aromatic rings. The fourth-order valence-corrected chi connectivity index (χ4v) is 3.64. The third-order valence-corrected chi connectivity index (χ3v) is 5.00. The topological polar surface area (TPSA) is 41.5 Å². The number of ether oxygens (including phenoxy) is 1. The summed E-state index contributed by atoms with van der Waals surface area (Å²) in [6.45, 7) is 4.36. The summed E-state index contributed by atoms with van der Waals surface area (Å²) in [6.07, 6.45) is 13.7. The molecular weight excluding hydrogens is 262 g/mol. The molecule has 3 atom stereocenters. The molecule has 0 amide bonds. The number of aliphatic hydroxyl groups excluding tert-OH is 1. The van der Waals surface area contributed by atoms with E-state index < -0.39 is 0 Å². The SMILES string of the molecule is CCC1CCCCC1OCC(O)CNCCC1=CCCC1.